The molecule has 0 spiro atoms. The van der Waals surface area contributed by atoms with Gasteiger partial charge in [-0.15, -0.1) is 0 Å². The van der Waals surface area contributed by atoms with Crippen LogP contribution in [0, 0.1) is 17.2 Å². The van der Waals surface area contributed by atoms with E-state index in [4.69, 9.17) is 9.68 Å². The highest BCUT2D eigenvalue weighted by Gasteiger charge is 2.11. The van der Waals surface area contributed by atoms with Crippen molar-refractivity contribution in [2.24, 2.45) is 5.92 Å². The van der Waals surface area contributed by atoms with Crippen molar-refractivity contribution in [3.63, 3.8) is 0 Å². The monoisotopic (exact) mass is 269 g/mol. The molecule has 0 aliphatic heterocycles. The van der Waals surface area contributed by atoms with Gasteiger partial charge in [-0.3, -0.25) is 9.78 Å². The minimum Gasteiger partial charge on any atom is -0.455 e. The molecule has 0 bridgehead atoms. The maximum atomic E-state index is 11.8. The number of rotatable bonds is 4. The van der Waals surface area contributed by atoms with E-state index >= 15 is 0 Å². The van der Waals surface area contributed by atoms with Gasteiger partial charge in [0.1, 0.15) is 22.9 Å². The first kappa shape index (κ1) is 13.8. The van der Waals surface area contributed by atoms with E-state index in [2.05, 4.69) is 10.3 Å². The fraction of sp³-hybridized carbons (Fsp3) is 0.267. The summed E-state index contributed by atoms with van der Waals surface area (Å²) in [6.45, 7) is 4.50. The van der Waals surface area contributed by atoms with Crippen LogP contribution in [-0.2, 0) is 4.79 Å². The third kappa shape index (κ3) is 3.23. The van der Waals surface area contributed by atoms with Crippen LogP contribution >= 0.6 is 0 Å². The van der Waals surface area contributed by atoms with Crippen LogP contribution in [0.3, 0.4) is 0 Å². The predicted molar refractivity (Wildman–Crippen MR) is 75.4 cm³/mol. The van der Waals surface area contributed by atoms with Gasteiger partial charge < -0.3 is 9.73 Å². The third-order valence-electron chi connectivity index (χ3n) is 2.63. The van der Waals surface area contributed by atoms with Crippen molar-refractivity contribution in [1.29, 1.82) is 5.26 Å². The summed E-state index contributed by atoms with van der Waals surface area (Å²) >= 11 is 0. The van der Waals surface area contributed by atoms with E-state index in [1.54, 1.807) is 24.4 Å². The summed E-state index contributed by atoms with van der Waals surface area (Å²) in [5.41, 5.74) is 1.34. The molecule has 0 unspecified atom stereocenters. The first-order valence-electron chi connectivity index (χ1n) is 6.34. The summed E-state index contributed by atoms with van der Waals surface area (Å²) in [6.07, 6.45) is 3.09. The van der Waals surface area contributed by atoms with E-state index in [1.165, 1.54) is 6.08 Å². The Labute approximate surface area is 116 Å². The lowest BCUT2D eigenvalue weighted by atomic mass is 10.2. The summed E-state index contributed by atoms with van der Waals surface area (Å²) in [4.78, 5) is 16.0. The first-order chi connectivity index (χ1) is 9.60. The first-order valence-corrected chi connectivity index (χ1v) is 6.34. The second-order valence-electron chi connectivity index (χ2n) is 4.81. The molecule has 102 valence electrons. The second kappa shape index (κ2) is 6.02. The number of pyridine rings is 1. The molecule has 1 N–H and O–H groups in total. The zero-order valence-corrected chi connectivity index (χ0v) is 11.4. The lowest BCUT2D eigenvalue weighted by Gasteiger charge is -2.05. The summed E-state index contributed by atoms with van der Waals surface area (Å²) in [6, 6.07) is 7.13. The Balaban J connectivity index is 2.22. The number of aromatic nitrogens is 1. The SMILES string of the molecule is CC(C)CNC(=O)/C(C#N)=C\c1cc2ncccc2o1. The maximum absolute atomic E-state index is 11.8. The van der Waals surface area contributed by atoms with Gasteiger partial charge in [0, 0.05) is 24.9 Å². The maximum Gasteiger partial charge on any atom is 0.262 e. The normalized spacial score (nSPS) is 11.6. The average molecular weight is 269 g/mol. The summed E-state index contributed by atoms with van der Waals surface area (Å²) in [7, 11) is 0. The van der Waals surface area contributed by atoms with E-state index in [0.29, 0.717) is 29.3 Å². The number of carbonyl (C=O) groups is 1. The highest BCUT2D eigenvalue weighted by molar-refractivity contribution is 6.01. The Morgan fingerprint density at radius 3 is 3.05 bits per heavy atom. The van der Waals surface area contributed by atoms with E-state index in [-0.39, 0.29) is 5.57 Å². The lowest BCUT2D eigenvalue weighted by Crippen LogP contribution is -2.28. The van der Waals surface area contributed by atoms with Gasteiger partial charge in [0.2, 0.25) is 0 Å². The molecule has 0 saturated heterocycles. The molecule has 0 atom stereocenters. The molecule has 2 rings (SSSR count). The van der Waals surface area contributed by atoms with Gasteiger partial charge in [-0.1, -0.05) is 13.8 Å². The van der Waals surface area contributed by atoms with Gasteiger partial charge in [-0.05, 0) is 18.1 Å². The number of hydrogen-bond donors (Lipinski definition) is 1. The quantitative estimate of drug-likeness (QED) is 0.683. The van der Waals surface area contributed by atoms with Gasteiger partial charge in [0.05, 0.1) is 0 Å². The van der Waals surface area contributed by atoms with Crippen molar-refractivity contribution in [2.75, 3.05) is 6.54 Å². The number of nitrogens with one attached hydrogen (secondary N) is 1. The van der Waals surface area contributed by atoms with E-state index in [1.807, 2.05) is 19.9 Å². The van der Waals surface area contributed by atoms with Crippen LogP contribution in [0.25, 0.3) is 17.2 Å². The van der Waals surface area contributed by atoms with Crippen molar-refractivity contribution in [3.8, 4) is 6.07 Å². The van der Waals surface area contributed by atoms with Gasteiger partial charge in [0.25, 0.3) is 5.91 Å². The Morgan fingerprint density at radius 2 is 2.40 bits per heavy atom. The number of amides is 1. The summed E-state index contributed by atoms with van der Waals surface area (Å²) in [5.74, 6) is 0.374. The minimum absolute atomic E-state index is 0.0182. The smallest absolute Gasteiger partial charge is 0.262 e. The van der Waals surface area contributed by atoms with E-state index in [9.17, 15) is 4.79 Å². The van der Waals surface area contributed by atoms with Crippen molar-refractivity contribution in [1.82, 2.24) is 10.3 Å². The third-order valence-corrected chi connectivity index (χ3v) is 2.63. The number of hydrogen-bond acceptors (Lipinski definition) is 4. The van der Waals surface area contributed by atoms with E-state index < -0.39 is 5.91 Å². The van der Waals surface area contributed by atoms with Crippen LogP contribution < -0.4 is 5.32 Å². The molecule has 5 nitrogen and oxygen atoms in total. The second-order valence-corrected chi connectivity index (χ2v) is 4.81. The highest BCUT2D eigenvalue weighted by Crippen LogP contribution is 2.18. The van der Waals surface area contributed by atoms with Crippen LogP contribution in [0.15, 0.2) is 34.4 Å². The zero-order valence-electron chi connectivity index (χ0n) is 11.4. The molecule has 0 aliphatic rings. The van der Waals surface area contributed by atoms with E-state index in [0.717, 1.165) is 0 Å². The Kier molecular flexibility index (Phi) is 4.16. The topological polar surface area (TPSA) is 78.9 Å². The van der Waals surface area contributed by atoms with Crippen LogP contribution in [0.4, 0.5) is 0 Å². The molecule has 1 amide bonds. The molecule has 0 aliphatic carbocycles. The van der Waals surface area contributed by atoms with Gasteiger partial charge >= 0.3 is 0 Å². The molecule has 5 heteroatoms. The average Bonchev–Trinajstić information content (AvgIpc) is 2.84. The molecule has 2 aromatic rings. The number of carbonyl (C=O) groups excluding carboxylic acids is 1. The fourth-order valence-electron chi connectivity index (χ4n) is 1.64. The molecule has 0 fully saturated rings. The molecule has 2 aromatic heterocycles. The predicted octanol–water partition coefficient (Wildman–Crippen LogP) is 2.51. The molecule has 0 radical (unpaired) electrons. The number of fused-ring (bicyclic) bond motifs is 1. The van der Waals surface area contributed by atoms with Crippen LogP contribution in [-0.4, -0.2) is 17.4 Å². The molecule has 0 saturated carbocycles. The Hall–Kier alpha value is -2.61. The van der Waals surface area contributed by atoms with Crippen molar-refractivity contribution in [3.05, 3.63) is 35.7 Å². The minimum atomic E-state index is -0.394. The molecular formula is C15H15N3O2. The molecule has 20 heavy (non-hydrogen) atoms. The van der Waals surface area contributed by atoms with Crippen LogP contribution in [0.1, 0.15) is 19.6 Å². The van der Waals surface area contributed by atoms with Gasteiger partial charge in [-0.2, -0.15) is 5.26 Å². The highest BCUT2D eigenvalue weighted by atomic mass is 16.3. The zero-order chi connectivity index (χ0) is 14.5. The van der Waals surface area contributed by atoms with Crippen molar-refractivity contribution >= 4 is 23.1 Å². The van der Waals surface area contributed by atoms with Crippen molar-refractivity contribution in [2.45, 2.75) is 13.8 Å². The standard InChI is InChI=1S/C15H15N3O2/c1-10(2)9-18-15(19)11(8-16)6-12-7-13-14(20-12)4-3-5-17-13/h3-7,10H,9H2,1-2H3,(H,18,19)/b11-6-. The molecular weight excluding hydrogens is 254 g/mol. The van der Waals surface area contributed by atoms with Gasteiger partial charge in [-0.25, -0.2) is 0 Å². The molecule has 2 heterocycles. The molecule has 0 aromatic carbocycles. The number of nitrogens with zero attached hydrogens (tertiary/aromatic N) is 2. The fourth-order valence-corrected chi connectivity index (χ4v) is 1.64. The van der Waals surface area contributed by atoms with Crippen molar-refractivity contribution < 1.29 is 9.21 Å². The Bertz CT molecular complexity index is 659. The largest absolute Gasteiger partial charge is 0.455 e. The Morgan fingerprint density at radius 1 is 1.60 bits per heavy atom. The summed E-state index contributed by atoms with van der Waals surface area (Å²) in [5, 5.41) is 11.8. The van der Waals surface area contributed by atoms with Gasteiger partial charge in [0.15, 0.2) is 5.58 Å². The lowest BCUT2D eigenvalue weighted by molar-refractivity contribution is -0.117. The van der Waals surface area contributed by atoms with Crippen LogP contribution in [0.5, 0.6) is 0 Å². The summed E-state index contributed by atoms with van der Waals surface area (Å²) < 4.78 is 5.51. The number of nitriles is 1. The number of furan rings is 1. The van der Waals surface area contributed by atoms with Crippen LogP contribution in [0.2, 0.25) is 0 Å².